The van der Waals surface area contributed by atoms with E-state index in [1.807, 2.05) is 4.90 Å². The Morgan fingerprint density at radius 3 is 2.00 bits per heavy atom. The Balaban J connectivity index is 2.26. The van der Waals surface area contributed by atoms with Crippen molar-refractivity contribution < 1.29 is 8.78 Å². The lowest BCUT2D eigenvalue weighted by Crippen LogP contribution is -2.26. The first-order valence-electron chi connectivity index (χ1n) is 5.39. The van der Waals surface area contributed by atoms with Crippen LogP contribution in [0.5, 0.6) is 0 Å². The van der Waals surface area contributed by atoms with Crippen molar-refractivity contribution in [1.29, 1.82) is 0 Å². The van der Waals surface area contributed by atoms with Crippen LogP contribution in [0.3, 0.4) is 0 Å². The maximum atomic E-state index is 13.5. The van der Waals surface area contributed by atoms with Crippen LogP contribution in [0.1, 0.15) is 25.7 Å². The van der Waals surface area contributed by atoms with Crippen molar-refractivity contribution in [3.05, 3.63) is 29.8 Å². The van der Waals surface area contributed by atoms with Crippen molar-refractivity contribution in [1.82, 2.24) is 0 Å². The summed E-state index contributed by atoms with van der Waals surface area (Å²) in [7, 11) is 0. The molecule has 0 unspecified atom stereocenters. The first-order chi connectivity index (χ1) is 7.29. The van der Waals surface area contributed by atoms with Gasteiger partial charge in [-0.15, -0.1) is 0 Å². The molecule has 1 fully saturated rings. The molecule has 15 heavy (non-hydrogen) atoms. The molecule has 81 valence electrons. The third-order valence-corrected chi connectivity index (χ3v) is 2.79. The van der Waals surface area contributed by atoms with E-state index in [0.717, 1.165) is 38.8 Å². The topological polar surface area (TPSA) is 3.24 Å². The predicted molar refractivity (Wildman–Crippen MR) is 55.9 cm³/mol. The summed E-state index contributed by atoms with van der Waals surface area (Å²) in [6, 6.07) is 4.84. The molecule has 1 aliphatic rings. The Morgan fingerprint density at radius 2 is 1.47 bits per heavy atom. The lowest BCUT2D eigenvalue weighted by molar-refractivity contribution is 0.570. The first-order valence-corrected chi connectivity index (χ1v) is 5.39. The van der Waals surface area contributed by atoms with Gasteiger partial charge in [0.1, 0.15) is 17.3 Å². The van der Waals surface area contributed by atoms with Crippen LogP contribution in [0, 0.1) is 17.7 Å². The maximum Gasteiger partial charge on any atom is 0.150 e. The summed E-state index contributed by atoms with van der Waals surface area (Å²) in [5, 5.41) is 0. The van der Waals surface area contributed by atoms with Gasteiger partial charge in [0.15, 0.2) is 0 Å². The van der Waals surface area contributed by atoms with Gasteiger partial charge in [0.25, 0.3) is 0 Å². The zero-order valence-corrected chi connectivity index (χ0v) is 8.60. The minimum absolute atomic E-state index is 0.121. The van der Waals surface area contributed by atoms with Crippen molar-refractivity contribution >= 4 is 5.69 Å². The first kappa shape index (κ1) is 10.4. The Morgan fingerprint density at radius 1 is 0.933 bits per heavy atom. The largest absolute Gasteiger partial charge is 0.367 e. The van der Waals surface area contributed by atoms with Crippen LogP contribution in [0.2, 0.25) is 0 Å². The second-order valence-electron chi connectivity index (χ2n) is 3.90. The zero-order valence-electron chi connectivity index (χ0n) is 8.60. The summed E-state index contributed by atoms with van der Waals surface area (Å²) in [5.41, 5.74) is 0.121. The lowest BCUT2D eigenvalue weighted by atomic mass is 10.2. The molecule has 0 saturated carbocycles. The molecule has 0 aromatic heterocycles. The molecule has 0 amide bonds. The summed E-state index contributed by atoms with van der Waals surface area (Å²) in [5.74, 6) is -1.01. The lowest BCUT2D eigenvalue weighted by Gasteiger charge is -2.23. The van der Waals surface area contributed by atoms with Crippen molar-refractivity contribution in [2.45, 2.75) is 25.7 Å². The van der Waals surface area contributed by atoms with Gasteiger partial charge in [0, 0.05) is 13.1 Å². The van der Waals surface area contributed by atoms with Crippen LogP contribution < -0.4 is 4.90 Å². The third kappa shape index (κ3) is 2.28. The molecular weight excluding hydrogens is 196 g/mol. The number of halogens is 2. The smallest absolute Gasteiger partial charge is 0.150 e. The Hall–Kier alpha value is -1.12. The van der Waals surface area contributed by atoms with Gasteiger partial charge in [-0.2, -0.15) is 0 Å². The molecule has 0 N–H and O–H groups in total. The maximum absolute atomic E-state index is 13.5. The fraction of sp³-hybridized carbons (Fsp3) is 0.500. The van der Waals surface area contributed by atoms with Gasteiger partial charge >= 0.3 is 0 Å². The van der Waals surface area contributed by atoms with Crippen molar-refractivity contribution in [2.24, 2.45) is 0 Å². The quantitative estimate of drug-likeness (QED) is 0.688. The summed E-state index contributed by atoms with van der Waals surface area (Å²) in [4.78, 5) is 1.81. The molecule has 0 atom stereocenters. The van der Waals surface area contributed by atoms with Crippen LogP contribution in [0.4, 0.5) is 14.5 Å². The van der Waals surface area contributed by atoms with Crippen molar-refractivity contribution in [3.8, 4) is 0 Å². The number of benzene rings is 1. The van der Waals surface area contributed by atoms with Gasteiger partial charge < -0.3 is 4.90 Å². The zero-order chi connectivity index (χ0) is 10.7. The number of anilines is 1. The van der Waals surface area contributed by atoms with E-state index in [2.05, 4.69) is 6.07 Å². The van der Waals surface area contributed by atoms with Crippen LogP contribution in [-0.2, 0) is 0 Å². The molecular formula is C12H14F2N. The highest BCUT2D eigenvalue weighted by Crippen LogP contribution is 2.25. The van der Waals surface area contributed by atoms with Gasteiger partial charge in [-0.05, 0) is 31.0 Å². The molecule has 0 bridgehead atoms. The molecule has 1 radical (unpaired) electrons. The van der Waals surface area contributed by atoms with Gasteiger partial charge in [-0.25, -0.2) is 8.78 Å². The molecule has 1 aromatic rings. The molecule has 1 heterocycles. The van der Waals surface area contributed by atoms with Crippen LogP contribution in [-0.4, -0.2) is 13.1 Å². The normalized spacial score (nSPS) is 17.6. The molecule has 1 aromatic carbocycles. The summed E-state index contributed by atoms with van der Waals surface area (Å²) < 4.78 is 26.9. The summed E-state index contributed by atoms with van der Waals surface area (Å²) in [6.07, 6.45) is 4.33. The average Bonchev–Trinajstić information content (AvgIpc) is 2.46. The van der Waals surface area contributed by atoms with E-state index in [4.69, 9.17) is 0 Å². The van der Waals surface area contributed by atoms with Gasteiger partial charge in [-0.3, -0.25) is 0 Å². The van der Waals surface area contributed by atoms with E-state index in [9.17, 15) is 8.78 Å². The minimum atomic E-state index is -0.503. The molecule has 1 nitrogen and oxygen atoms in total. The van der Waals surface area contributed by atoms with E-state index in [-0.39, 0.29) is 5.69 Å². The Kier molecular flexibility index (Phi) is 3.19. The van der Waals surface area contributed by atoms with Gasteiger partial charge in [0.2, 0.25) is 0 Å². The highest BCUT2D eigenvalue weighted by Gasteiger charge is 2.17. The molecule has 1 aliphatic heterocycles. The highest BCUT2D eigenvalue weighted by molar-refractivity contribution is 5.48. The number of hydrogen-bond acceptors (Lipinski definition) is 1. The Bertz CT molecular complexity index is 310. The van der Waals surface area contributed by atoms with E-state index in [1.165, 1.54) is 12.1 Å². The summed E-state index contributed by atoms with van der Waals surface area (Å²) >= 11 is 0. The van der Waals surface area contributed by atoms with Crippen LogP contribution in [0.25, 0.3) is 0 Å². The highest BCUT2D eigenvalue weighted by atomic mass is 19.1. The number of hydrogen-bond donors (Lipinski definition) is 0. The molecule has 2 rings (SSSR count). The molecule has 0 aliphatic carbocycles. The SMILES string of the molecule is Fc1c[c]cc(F)c1N1CCCCCC1. The third-order valence-electron chi connectivity index (χ3n) is 2.79. The van der Waals surface area contributed by atoms with E-state index in [0.29, 0.717) is 0 Å². The number of rotatable bonds is 1. The van der Waals surface area contributed by atoms with Gasteiger partial charge in [-0.1, -0.05) is 12.8 Å². The van der Waals surface area contributed by atoms with Gasteiger partial charge in [0.05, 0.1) is 0 Å². The molecule has 0 spiro atoms. The van der Waals surface area contributed by atoms with E-state index < -0.39 is 11.6 Å². The predicted octanol–water partition coefficient (Wildman–Crippen LogP) is 3.15. The standard InChI is InChI=1S/C12H14F2N/c13-10-6-5-7-11(14)12(10)15-8-3-1-2-4-9-15/h6-7H,1-4,8-9H2. The van der Waals surface area contributed by atoms with E-state index >= 15 is 0 Å². The van der Waals surface area contributed by atoms with E-state index in [1.54, 1.807) is 0 Å². The average molecular weight is 210 g/mol. The number of nitrogens with zero attached hydrogens (tertiary/aromatic N) is 1. The van der Waals surface area contributed by atoms with Crippen LogP contribution >= 0.6 is 0 Å². The fourth-order valence-corrected chi connectivity index (χ4v) is 2.04. The van der Waals surface area contributed by atoms with Crippen LogP contribution in [0.15, 0.2) is 12.1 Å². The Labute approximate surface area is 88.7 Å². The van der Waals surface area contributed by atoms with Crippen molar-refractivity contribution in [3.63, 3.8) is 0 Å². The minimum Gasteiger partial charge on any atom is -0.367 e. The second kappa shape index (κ2) is 4.60. The monoisotopic (exact) mass is 210 g/mol. The molecule has 1 saturated heterocycles. The fourth-order valence-electron chi connectivity index (χ4n) is 2.04. The molecule has 3 heteroatoms. The summed E-state index contributed by atoms with van der Waals surface area (Å²) in [6.45, 7) is 1.50. The second-order valence-corrected chi connectivity index (χ2v) is 3.90. The van der Waals surface area contributed by atoms with Crippen molar-refractivity contribution in [2.75, 3.05) is 18.0 Å².